The summed E-state index contributed by atoms with van der Waals surface area (Å²) in [5.41, 5.74) is 1.33. The number of hydrogen-bond acceptors (Lipinski definition) is 3. The number of benzene rings is 1. The molecule has 1 aliphatic rings. The van der Waals surface area contributed by atoms with E-state index in [4.69, 9.17) is 12.2 Å². The van der Waals surface area contributed by atoms with Gasteiger partial charge in [-0.05, 0) is 49.9 Å². The van der Waals surface area contributed by atoms with Crippen LogP contribution in [0.1, 0.15) is 30.1 Å². The summed E-state index contributed by atoms with van der Waals surface area (Å²) in [5.74, 6) is 0.388. The zero-order chi connectivity index (χ0) is 15.0. The molecule has 1 fully saturated rings. The van der Waals surface area contributed by atoms with Gasteiger partial charge in [0.2, 0.25) is 0 Å². The maximum Gasteiger partial charge on any atom is 0.253 e. The molecule has 112 valence electrons. The van der Waals surface area contributed by atoms with E-state index in [1.807, 2.05) is 11.8 Å². The van der Waals surface area contributed by atoms with Crippen LogP contribution >= 0.6 is 24.0 Å². The lowest BCUT2D eigenvalue weighted by atomic mass is 10.1. The Kier molecular flexibility index (Phi) is 3.79. The average molecular weight is 325 g/mol. The van der Waals surface area contributed by atoms with E-state index >= 15 is 0 Å². The van der Waals surface area contributed by atoms with E-state index in [2.05, 4.69) is 22.2 Å². The van der Waals surface area contributed by atoms with Crippen molar-refractivity contribution >= 4 is 40.9 Å². The van der Waals surface area contributed by atoms with Crippen molar-refractivity contribution in [3.8, 4) is 0 Å². The number of aromatic amines is 2. The summed E-state index contributed by atoms with van der Waals surface area (Å²) < 4.78 is 14.1. The predicted molar refractivity (Wildman–Crippen MR) is 85.9 cm³/mol. The van der Waals surface area contributed by atoms with Gasteiger partial charge in [0.05, 0.1) is 16.6 Å². The third-order valence-corrected chi connectivity index (χ3v) is 5.50. The molecule has 7 heteroatoms. The Hall–Kier alpha value is -1.34. The number of aromatic nitrogens is 2. The second-order valence-electron chi connectivity index (χ2n) is 5.54. The Bertz CT molecular complexity index is 746. The smallest absolute Gasteiger partial charge is 0.253 e. The van der Waals surface area contributed by atoms with E-state index in [9.17, 15) is 9.18 Å². The normalized spacial score (nSPS) is 21.8. The topological polar surface area (TPSA) is 60.7 Å². The monoisotopic (exact) mass is 325 g/mol. The molecule has 1 saturated heterocycles. The molecule has 0 saturated carbocycles. The highest BCUT2D eigenvalue weighted by Crippen LogP contribution is 2.37. The summed E-state index contributed by atoms with van der Waals surface area (Å²) in [6, 6.07) is 2.56. The molecular formula is C14H16FN3OS2. The second-order valence-corrected chi connectivity index (χ2v) is 7.63. The van der Waals surface area contributed by atoms with Crippen LogP contribution in [-0.4, -0.2) is 32.9 Å². The van der Waals surface area contributed by atoms with Crippen LogP contribution in [0, 0.1) is 10.6 Å². The third-order valence-electron chi connectivity index (χ3n) is 3.76. The fourth-order valence-corrected chi connectivity index (χ4v) is 4.08. The van der Waals surface area contributed by atoms with Crippen LogP contribution in [0.4, 0.5) is 4.39 Å². The lowest BCUT2D eigenvalue weighted by Crippen LogP contribution is -2.36. The number of thioether (sulfide) groups is 1. The zero-order valence-electron chi connectivity index (χ0n) is 11.6. The highest BCUT2D eigenvalue weighted by atomic mass is 32.2. The van der Waals surface area contributed by atoms with Crippen molar-refractivity contribution in [3.63, 3.8) is 0 Å². The number of carbonyl (C=O) groups is 1. The number of rotatable bonds is 3. The first-order valence-electron chi connectivity index (χ1n) is 6.81. The van der Waals surface area contributed by atoms with Crippen molar-refractivity contribution in [2.75, 3.05) is 12.3 Å². The molecule has 2 aromatic rings. The second kappa shape index (κ2) is 5.46. The summed E-state index contributed by atoms with van der Waals surface area (Å²) in [4.78, 5) is 18.1. The van der Waals surface area contributed by atoms with Crippen LogP contribution in [-0.2, 0) is 0 Å². The number of hydrogen-bond donors (Lipinski definition) is 3. The van der Waals surface area contributed by atoms with E-state index < -0.39 is 5.82 Å². The van der Waals surface area contributed by atoms with Gasteiger partial charge in [0.15, 0.2) is 4.77 Å². The molecule has 1 aromatic carbocycles. The quantitative estimate of drug-likeness (QED) is 0.758. The molecule has 2 heterocycles. The third kappa shape index (κ3) is 2.98. The van der Waals surface area contributed by atoms with E-state index in [1.54, 1.807) is 0 Å². The van der Waals surface area contributed by atoms with Crippen molar-refractivity contribution in [2.45, 2.75) is 24.5 Å². The molecule has 0 radical (unpaired) electrons. The number of H-pyrrole nitrogens is 2. The lowest BCUT2D eigenvalue weighted by molar-refractivity contribution is 0.0951. The molecule has 1 atom stereocenters. The van der Waals surface area contributed by atoms with E-state index in [1.165, 1.54) is 18.6 Å². The highest BCUT2D eigenvalue weighted by Gasteiger charge is 2.30. The Morgan fingerprint density at radius 1 is 1.52 bits per heavy atom. The maximum atomic E-state index is 13.6. The Morgan fingerprint density at radius 3 is 3.05 bits per heavy atom. The minimum absolute atomic E-state index is 0.0765. The SMILES string of the molecule is C[C@@]1(CNC(=O)c2cc(F)cc3[nH]c(=S)[nH]c23)CCCS1. The number of nitrogens with one attached hydrogen (secondary N) is 3. The van der Waals surface area contributed by atoms with Gasteiger partial charge in [-0.2, -0.15) is 11.8 Å². The summed E-state index contributed by atoms with van der Waals surface area (Å²) in [7, 11) is 0. The molecule has 3 rings (SSSR count). The van der Waals surface area contributed by atoms with Crippen LogP contribution in [0.5, 0.6) is 0 Å². The maximum absolute atomic E-state index is 13.6. The Balaban J connectivity index is 1.85. The number of halogens is 1. The molecule has 0 aliphatic carbocycles. The fourth-order valence-electron chi connectivity index (χ4n) is 2.63. The summed E-state index contributed by atoms with van der Waals surface area (Å²) in [6.45, 7) is 2.73. The first-order chi connectivity index (χ1) is 9.97. The van der Waals surface area contributed by atoms with Crippen LogP contribution in [0.15, 0.2) is 12.1 Å². The number of amides is 1. The number of carbonyl (C=O) groups excluding carboxylic acids is 1. The molecule has 1 amide bonds. The van der Waals surface area contributed by atoms with Gasteiger partial charge in [0.25, 0.3) is 5.91 Å². The van der Waals surface area contributed by atoms with E-state index in [0.717, 1.165) is 12.2 Å². The number of imidazole rings is 1. The van der Waals surface area contributed by atoms with Crippen molar-refractivity contribution in [3.05, 3.63) is 28.3 Å². The van der Waals surface area contributed by atoms with Crippen LogP contribution in [0.3, 0.4) is 0 Å². The molecule has 21 heavy (non-hydrogen) atoms. The largest absolute Gasteiger partial charge is 0.351 e. The van der Waals surface area contributed by atoms with Crippen molar-refractivity contribution in [1.29, 1.82) is 0 Å². The lowest BCUT2D eigenvalue weighted by Gasteiger charge is -2.22. The predicted octanol–water partition coefficient (Wildman–Crippen LogP) is 3.38. The first kappa shape index (κ1) is 14.6. The minimum atomic E-state index is -0.459. The molecule has 4 nitrogen and oxygen atoms in total. The number of fused-ring (bicyclic) bond motifs is 1. The summed E-state index contributed by atoms with van der Waals surface area (Å²) >= 11 is 6.88. The Morgan fingerprint density at radius 2 is 2.33 bits per heavy atom. The summed E-state index contributed by atoms with van der Waals surface area (Å²) in [5, 5.41) is 2.92. The standard InChI is InChI=1S/C14H16FN3OS2/c1-14(3-2-4-21-14)7-16-12(19)9-5-8(15)6-10-11(9)18-13(20)17-10/h5-6H,2-4,7H2,1H3,(H,16,19)(H2,17,18,20)/t14-/m0/s1. The van der Waals surface area contributed by atoms with E-state index in [-0.39, 0.29) is 16.2 Å². The van der Waals surface area contributed by atoms with Crippen LogP contribution in [0.2, 0.25) is 0 Å². The minimum Gasteiger partial charge on any atom is -0.351 e. The molecule has 1 aromatic heterocycles. The average Bonchev–Trinajstić information content (AvgIpc) is 3.01. The van der Waals surface area contributed by atoms with Gasteiger partial charge in [-0.15, -0.1) is 0 Å². The van der Waals surface area contributed by atoms with Crippen LogP contribution in [0.25, 0.3) is 11.0 Å². The molecule has 1 aliphatic heterocycles. The van der Waals surface area contributed by atoms with E-state index in [0.29, 0.717) is 22.3 Å². The van der Waals surface area contributed by atoms with Gasteiger partial charge >= 0.3 is 0 Å². The van der Waals surface area contributed by atoms with Crippen LogP contribution < -0.4 is 5.32 Å². The molecular weight excluding hydrogens is 309 g/mol. The van der Waals surface area contributed by atoms with Crippen molar-refractivity contribution < 1.29 is 9.18 Å². The highest BCUT2D eigenvalue weighted by molar-refractivity contribution is 8.00. The Labute approximate surface area is 130 Å². The van der Waals surface area contributed by atoms with Gasteiger partial charge in [-0.1, -0.05) is 0 Å². The molecule has 0 spiro atoms. The van der Waals surface area contributed by atoms with Gasteiger partial charge in [-0.3, -0.25) is 4.79 Å². The van der Waals surface area contributed by atoms with Gasteiger partial charge in [0, 0.05) is 11.3 Å². The van der Waals surface area contributed by atoms with Gasteiger partial charge in [-0.25, -0.2) is 4.39 Å². The first-order valence-corrected chi connectivity index (χ1v) is 8.20. The zero-order valence-corrected chi connectivity index (χ0v) is 13.2. The van der Waals surface area contributed by atoms with Gasteiger partial charge < -0.3 is 15.3 Å². The molecule has 0 bridgehead atoms. The summed E-state index contributed by atoms with van der Waals surface area (Å²) in [6.07, 6.45) is 2.26. The van der Waals surface area contributed by atoms with Crippen molar-refractivity contribution in [2.24, 2.45) is 0 Å². The van der Waals surface area contributed by atoms with Gasteiger partial charge in [0.1, 0.15) is 5.82 Å². The van der Waals surface area contributed by atoms with Crippen molar-refractivity contribution in [1.82, 2.24) is 15.3 Å². The molecule has 0 unspecified atom stereocenters. The molecule has 3 N–H and O–H groups in total. The fraction of sp³-hybridized carbons (Fsp3) is 0.429.